The second-order valence-corrected chi connectivity index (χ2v) is 4.57. The van der Waals surface area contributed by atoms with Crippen molar-refractivity contribution in [3.63, 3.8) is 0 Å². The van der Waals surface area contributed by atoms with Crippen molar-refractivity contribution in [3.8, 4) is 0 Å². The Morgan fingerprint density at radius 3 is 3.12 bits per heavy atom. The summed E-state index contributed by atoms with van der Waals surface area (Å²) >= 11 is 0. The van der Waals surface area contributed by atoms with Crippen LogP contribution in [-0.2, 0) is 22.6 Å². The van der Waals surface area contributed by atoms with Crippen molar-refractivity contribution in [3.05, 3.63) is 23.2 Å². The van der Waals surface area contributed by atoms with Gasteiger partial charge in [-0.1, -0.05) is 0 Å². The lowest BCUT2D eigenvalue weighted by Crippen LogP contribution is -2.08. The van der Waals surface area contributed by atoms with Crippen LogP contribution in [-0.4, -0.2) is 26.9 Å². The van der Waals surface area contributed by atoms with Crippen LogP contribution in [0.15, 0.2) is 10.5 Å². The molecular formula is C13H21NO3. The Morgan fingerprint density at radius 2 is 2.41 bits per heavy atom. The van der Waals surface area contributed by atoms with Gasteiger partial charge in [-0.05, 0) is 26.5 Å². The second kappa shape index (κ2) is 6.19. The van der Waals surface area contributed by atoms with Gasteiger partial charge in [0.25, 0.3) is 0 Å². The summed E-state index contributed by atoms with van der Waals surface area (Å²) in [4.78, 5) is 0. The van der Waals surface area contributed by atoms with E-state index in [9.17, 15) is 0 Å². The highest BCUT2D eigenvalue weighted by molar-refractivity contribution is 5.20. The molecular weight excluding hydrogens is 218 g/mol. The fraction of sp³-hybridized carbons (Fsp3) is 0.692. The zero-order valence-corrected chi connectivity index (χ0v) is 10.6. The summed E-state index contributed by atoms with van der Waals surface area (Å²) < 4.78 is 16.6. The first-order valence-corrected chi connectivity index (χ1v) is 6.18. The molecule has 1 N–H and O–H groups in total. The third-order valence-electron chi connectivity index (χ3n) is 3.06. The standard InChI is InChI=1S/C13H21NO3/c1-10-12(6-14-2)5-13(17-10)9-16-8-11-3-4-15-7-11/h5,11,14H,3-4,6-9H2,1-2H3. The Balaban J connectivity index is 1.76. The zero-order chi connectivity index (χ0) is 12.1. The van der Waals surface area contributed by atoms with Gasteiger partial charge in [0.2, 0.25) is 0 Å². The minimum atomic E-state index is 0.557. The van der Waals surface area contributed by atoms with Crippen molar-refractivity contribution in [2.75, 3.05) is 26.9 Å². The summed E-state index contributed by atoms with van der Waals surface area (Å²) in [5.41, 5.74) is 1.20. The summed E-state index contributed by atoms with van der Waals surface area (Å²) in [5.74, 6) is 2.44. The van der Waals surface area contributed by atoms with E-state index >= 15 is 0 Å². The molecule has 0 aromatic carbocycles. The van der Waals surface area contributed by atoms with Crippen molar-refractivity contribution in [1.29, 1.82) is 0 Å². The fourth-order valence-electron chi connectivity index (χ4n) is 2.07. The Bertz CT molecular complexity index is 342. The third-order valence-corrected chi connectivity index (χ3v) is 3.06. The van der Waals surface area contributed by atoms with Crippen molar-refractivity contribution >= 4 is 0 Å². The van der Waals surface area contributed by atoms with Crippen LogP contribution in [0.4, 0.5) is 0 Å². The quantitative estimate of drug-likeness (QED) is 0.823. The molecule has 1 saturated heterocycles. The first-order valence-electron chi connectivity index (χ1n) is 6.18. The van der Waals surface area contributed by atoms with Crippen molar-refractivity contribution in [2.24, 2.45) is 5.92 Å². The second-order valence-electron chi connectivity index (χ2n) is 4.57. The van der Waals surface area contributed by atoms with E-state index < -0.39 is 0 Å². The maximum absolute atomic E-state index is 5.66. The molecule has 17 heavy (non-hydrogen) atoms. The molecule has 0 aliphatic carbocycles. The van der Waals surface area contributed by atoms with Gasteiger partial charge in [-0.2, -0.15) is 0 Å². The molecule has 1 aliphatic heterocycles. The normalized spacial score (nSPS) is 20.0. The highest BCUT2D eigenvalue weighted by Crippen LogP contribution is 2.17. The van der Waals surface area contributed by atoms with Gasteiger partial charge in [0, 0.05) is 24.6 Å². The van der Waals surface area contributed by atoms with E-state index in [2.05, 4.69) is 11.4 Å². The van der Waals surface area contributed by atoms with E-state index in [0.29, 0.717) is 12.5 Å². The maximum atomic E-state index is 5.66. The van der Waals surface area contributed by atoms with Crippen molar-refractivity contribution < 1.29 is 13.9 Å². The van der Waals surface area contributed by atoms with Gasteiger partial charge in [0.1, 0.15) is 18.1 Å². The van der Waals surface area contributed by atoms with Gasteiger partial charge >= 0.3 is 0 Å². The summed E-state index contributed by atoms with van der Waals surface area (Å²) in [6.45, 7) is 5.86. The van der Waals surface area contributed by atoms with Crippen LogP contribution in [0.25, 0.3) is 0 Å². The Labute approximate surface area is 102 Å². The smallest absolute Gasteiger partial charge is 0.130 e. The number of nitrogens with one attached hydrogen (secondary N) is 1. The van der Waals surface area contributed by atoms with Crippen LogP contribution in [0.2, 0.25) is 0 Å². The van der Waals surface area contributed by atoms with Crippen LogP contribution in [0.5, 0.6) is 0 Å². The number of aryl methyl sites for hydroxylation is 1. The third kappa shape index (κ3) is 3.56. The molecule has 1 unspecified atom stereocenters. The van der Waals surface area contributed by atoms with Gasteiger partial charge in [-0.3, -0.25) is 0 Å². The molecule has 0 spiro atoms. The fourth-order valence-corrected chi connectivity index (χ4v) is 2.07. The number of furan rings is 1. The first kappa shape index (κ1) is 12.6. The lowest BCUT2D eigenvalue weighted by Gasteiger charge is -2.06. The average molecular weight is 239 g/mol. The van der Waals surface area contributed by atoms with Gasteiger partial charge in [0.15, 0.2) is 0 Å². The Kier molecular flexibility index (Phi) is 4.59. The molecule has 96 valence electrons. The lowest BCUT2D eigenvalue weighted by atomic mass is 10.1. The Hall–Kier alpha value is -0.840. The first-order chi connectivity index (χ1) is 8.29. The summed E-state index contributed by atoms with van der Waals surface area (Å²) in [5, 5.41) is 3.12. The maximum Gasteiger partial charge on any atom is 0.130 e. The minimum Gasteiger partial charge on any atom is -0.464 e. The topological polar surface area (TPSA) is 43.6 Å². The van der Waals surface area contributed by atoms with Gasteiger partial charge < -0.3 is 19.2 Å². The van der Waals surface area contributed by atoms with Crippen LogP contribution in [0.1, 0.15) is 23.5 Å². The highest BCUT2D eigenvalue weighted by Gasteiger charge is 2.16. The molecule has 4 nitrogen and oxygen atoms in total. The van der Waals surface area contributed by atoms with E-state index in [1.54, 1.807) is 0 Å². The van der Waals surface area contributed by atoms with E-state index in [1.807, 2.05) is 14.0 Å². The number of rotatable bonds is 6. The molecule has 0 radical (unpaired) electrons. The molecule has 1 atom stereocenters. The number of ether oxygens (including phenoxy) is 2. The molecule has 1 aliphatic rings. The minimum absolute atomic E-state index is 0.557. The van der Waals surface area contributed by atoms with E-state index in [4.69, 9.17) is 13.9 Å². The van der Waals surface area contributed by atoms with Gasteiger partial charge in [-0.25, -0.2) is 0 Å². The highest BCUT2D eigenvalue weighted by atomic mass is 16.5. The number of hydrogen-bond donors (Lipinski definition) is 1. The van der Waals surface area contributed by atoms with Crippen LogP contribution in [0, 0.1) is 12.8 Å². The van der Waals surface area contributed by atoms with Crippen molar-refractivity contribution in [2.45, 2.75) is 26.5 Å². The van der Waals surface area contributed by atoms with E-state index in [0.717, 1.165) is 44.3 Å². The molecule has 1 aromatic heterocycles. The van der Waals surface area contributed by atoms with E-state index in [-0.39, 0.29) is 0 Å². The predicted molar refractivity (Wildman–Crippen MR) is 64.8 cm³/mol. The van der Waals surface area contributed by atoms with Gasteiger partial charge in [0.05, 0.1) is 13.2 Å². The largest absolute Gasteiger partial charge is 0.464 e. The summed E-state index contributed by atoms with van der Waals surface area (Å²) in [6, 6.07) is 2.07. The molecule has 0 bridgehead atoms. The predicted octanol–water partition coefficient (Wildman–Crippen LogP) is 1.86. The molecule has 1 fully saturated rings. The zero-order valence-electron chi connectivity index (χ0n) is 10.6. The molecule has 4 heteroatoms. The molecule has 2 heterocycles. The molecule has 0 saturated carbocycles. The molecule has 1 aromatic rings. The van der Waals surface area contributed by atoms with Crippen molar-refractivity contribution in [1.82, 2.24) is 5.32 Å². The SMILES string of the molecule is CNCc1cc(COCC2CCOC2)oc1C. The van der Waals surface area contributed by atoms with E-state index in [1.165, 1.54) is 5.56 Å². The monoisotopic (exact) mass is 239 g/mol. The Morgan fingerprint density at radius 1 is 1.53 bits per heavy atom. The van der Waals surface area contributed by atoms with Crippen LogP contribution >= 0.6 is 0 Å². The summed E-state index contributed by atoms with van der Waals surface area (Å²) in [7, 11) is 1.93. The van der Waals surface area contributed by atoms with Gasteiger partial charge in [-0.15, -0.1) is 0 Å². The summed E-state index contributed by atoms with van der Waals surface area (Å²) in [6.07, 6.45) is 1.11. The van der Waals surface area contributed by atoms with Crippen LogP contribution in [0.3, 0.4) is 0 Å². The lowest BCUT2D eigenvalue weighted by molar-refractivity contribution is 0.0687. The molecule has 0 amide bonds. The average Bonchev–Trinajstić information content (AvgIpc) is 2.91. The number of hydrogen-bond acceptors (Lipinski definition) is 4. The molecule has 2 rings (SSSR count). The van der Waals surface area contributed by atoms with Crippen LogP contribution < -0.4 is 5.32 Å².